The number of hydrogen-bond donors (Lipinski definition) is 0. The van der Waals surface area contributed by atoms with Crippen LogP contribution in [0, 0.1) is 57.7 Å². The predicted molar refractivity (Wildman–Crippen MR) is 141 cm³/mol. The molecule has 5 rings (SSSR count). The molecule has 4 aliphatic rings. The Kier molecular flexibility index (Phi) is 7.97. The normalized spacial score (nSPS) is 31.5. The van der Waals surface area contributed by atoms with Crippen molar-refractivity contribution in [2.24, 2.45) is 35.0 Å². The molecule has 0 radical (unpaired) electrons. The summed E-state index contributed by atoms with van der Waals surface area (Å²) in [6.45, 7) is 3.31. The third-order valence-corrected chi connectivity index (χ3v) is 8.74. The first-order valence-electron chi connectivity index (χ1n) is 13.4. The van der Waals surface area contributed by atoms with E-state index in [1.807, 2.05) is 28.0 Å². The summed E-state index contributed by atoms with van der Waals surface area (Å²) in [6, 6.07) is 15.5. The Morgan fingerprint density at radius 2 is 1.30 bits per heavy atom. The zero-order valence-electron chi connectivity index (χ0n) is 22.6. The summed E-state index contributed by atoms with van der Waals surface area (Å²) < 4.78 is 0. The fourth-order valence-corrected chi connectivity index (χ4v) is 7.03. The lowest BCUT2D eigenvalue weighted by molar-refractivity contribution is 0.175. The minimum absolute atomic E-state index is 0.0972. The number of carbonyl (C=O) groups is 2. The van der Waals surface area contributed by atoms with Crippen LogP contribution in [0.4, 0.5) is 9.59 Å². The van der Waals surface area contributed by atoms with Gasteiger partial charge in [-0.2, -0.15) is 10.5 Å². The molecular formula is C29H40N6O2. The maximum absolute atomic E-state index is 12.1. The summed E-state index contributed by atoms with van der Waals surface area (Å²) in [6.07, 6.45) is 4.64. The van der Waals surface area contributed by atoms with Crippen molar-refractivity contribution in [2.45, 2.75) is 32.1 Å². The molecule has 0 bridgehead atoms. The molecule has 1 aromatic rings. The molecule has 2 aliphatic heterocycles. The largest absolute Gasteiger partial charge is 0.331 e. The van der Waals surface area contributed by atoms with Crippen LogP contribution < -0.4 is 0 Å². The molecule has 1 aromatic carbocycles. The van der Waals surface area contributed by atoms with Crippen molar-refractivity contribution in [1.82, 2.24) is 19.6 Å². The first-order chi connectivity index (χ1) is 17.6. The van der Waals surface area contributed by atoms with Crippen LogP contribution in [0.25, 0.3) is 0 Å². The summed E-state index contributed by atoms with van der Waals surface area (Å²) in [7, 11) is 7.17. The molecule has 4 fully saturated rings. The van der Waals surface area contributed by atoms with Gasteiger partial charge in [-0.15, -0.1) is 0 Å². The Balaban J connectivity index is 0.000000186. The average molecular weight is 505 g/mol. The number of urea groups is 2. The highest BCUT2D eigenvalue weighted by atomic mass is 16.2. The molecule has 0 aromatic heterocycles. The van der Waals surface area contributed by atoms with Gasteiger partial charge in [-0.1, -0.05) is 30.3 Å². The van der Waals surface area contributed by atoms with Gasteiger partial charge >= 0.3 is 12.1 Å². The monoisotopic (exact) mass is 504 g/mol. The third-order valence-electron chi connectivity index (χ3n) is 8.74. The van der Waals surface area contributed by atoms with Crippen LogP contribution in [0.3, 0.4) is 0 Å². The smallest absolute Gasteiger partial charge is 0.319 e. The van der Waals surface area contributed by atoms with Gasteiger partial charge in [-0.05, 0) is 61.3 Å². The van der Waals surface area contributed by atoms with E-state index in [0.717, 1.165) is 58.3 Å². The van der Waals surface area contributed by atoms with E-state index < -0.39 is 0 Å². The Morgan fingerprint density at radius 1 is 0.838 bits per heavy atom. The zero-order chi connectivity index (χ0) is 26.7. The molecule has 2 saturated carbocycles. The highest BCUT2D eigenvalue weighted by Crippen LogP contribution is 2.50. The molecule has 8 heteroatoms. The number of nitriles is 2. The second-order valence-electron chi connectivity index (χ2n) is 12.0. The highest BCUT2D eigenvalue weighted by molar-refractivity contribution is 5.74. The fraction of sp³-hybridized carbons (Fsp3) is 0.655. The van der Waals surface area contributed by atoms with E-state index in [9.17, 15) is 14.9 Å². The summed E-state index contributed by atoms with van der Waals surface area (Å²) in [5, 5.41) is 18.6. The van der Waals surface area contributed by atoms with E-state index in [-0.39, 0.29) is 23.4 Å². The Hall–Kier alpha value is -3.26. The molecule has 2 heterocycles. The summed E-state index contributed by atoms with van der Waals surface area (Å²) in [5.41, 5.74) is 0.995. The number of rotatable bonds is 2. The van der Waals surface area contributed by atoms with Gasteiger partial charge in [0, 0.05) is 60.3 Å². The average Bonchev–Trinajstić information content (AvgIpc) is 3.62. The van der Waals surface area contributed by atoms with Gasteiger partial charge in [0.1, 0.15) is 0 Å². The van der Waals surface area contributed by atoms with Crippen LogP contribution in [0.1, 0.15) is 31.2 Å². The van der Waals surface area contributed by atoms with Crippen molar-refractivity contribution >= 4 is 12.1 Å². The number of benzene rings is 1. The van der Waals surface area contributed by atoms with Gasteiger partial charge in [-0.3, -0.25) is 0 Å². The Bertz CT molecular complexity index is 1030. The van der Waals surface area contributed by atoms with Crippen LogP contribution in [0.15, 0.2) is 30.3 Å². The van der Waals surface area contributed by atoms with Gasteiger partial charge < -0.3 is 19.6 Å². The number of amides is 4. The number of nitrogens with zero attached hydrogens (tertiary/aromatic N) is 6. The van der Waals surface area contributed by atoms with Crippen molar-refractivity contribution in [2.75, 3.05) is 54.4 Å². The van der Waals surface area contributed by atoms with E-state index >= 15 is 0 Å². The minimum Gasteiger partial charge on any atom is -0.331 e. The molecule has 4 unspecified atom stereocenters. The SMILES string of the molecule is CN(C)C(=O)N1CC2CC(C#N)(Cc3ccccc3)CC2C1.CN(C)C(=O)N1CC2CC(C#N)CC2C1. The number of likely N-dealkylation sites (tertiary alicyclic amines) is 2. The molecule has 4 amide bonds. The van der Waals surface area contributed by atoms with Crippen molar-refractivity contribution < 1.29 is 9.59 Å². The van der Waals surface area contributed by atoms with E-state index in [1.165, 1.54) is 5.56 Å². The molecule has 2 aliphatic carbocycles. The number of fused-ring (bicyclic) bond motifs is 2. The standard InChI is InChI=1S/C18H23N3O.C11H17N3O/c1-20(2)17(22)21-11-15-9-18(13-19,10-16(15)12-21)8-14-6-4-3-5-7-14;1-13(2)11(15)14-6-9-3-8(5-12)4-10(9)7-14/h3-7,15-16H,8-12H2,1-2H3;8-10H,3-4,6-7H2,1-2H3. The van der Waals surface area contributed by atoms with Crippen molar-refractivity contribution in [3.63, 3.8) is 0 Å². The molecule has 0 spiro atoms. The topological polar surface area (TPSA) is 94.7 Å². The highest BCUT2D eigenvalue weighted by Gasteiger charge is 2.50. The van der Waals surface area contributed by atoms with Crippen LogP contribution >= 0.6 is 0 Å². The van der Waals surface area contributed by atoms with Crippen LogP contribution in [0.5, 0.6) is 0 Å². The van der Waals surface area contributed by atoms with Crippen molar-refractivity contribution in [3.8, 4) is 12.1 Å². The van der Waals surface area contributed by atoms with E-state index in [2.05, 4.69) is 24.3 Å². The van der Waals surface area contributed by atoms with Gasteiger partial charge in [0.15, 0.2) is 0 Å². The molecule has 2 saturated heterocycles. The summed E-state index contributed by atoms with van der Waals surface area (Å²) in [5.74, 6) is 2.33. The van der Waals surface area contributed by atoms with E-state index in [0.29, 0.717) is 23.7 Å². The molecular weight excluding hydrogens is 464 g/mol. The summed E-state index contributed by atoms with van der Waals surface area (Å²) >= 11 is 0. The minimum atomic E-state index is -0.246. The lowest BCUT2D eigenvalue weighted by Gasteiger charge is -2.26. The van der Waals surface area contributed by atoms with E-state index in [4.69, 9.17) is 5.26 Å². The van der Waals surface area contributed by atoms with Crippen molar-refractivity contribution in [3.05, 3.63) is 35.9 Å². The van der Waals surface area contributed by atoms with Gasteiger partial charge in [-0.25, -0.2) is 9.59 Å². The number of hydrogen-bond acceptors (Lipinski definition) is 4. The molecule has 0 N–H and O–H groups in total. The van der Waals surface area contributed by atoms with Gasteiger partial charge in [0.25, 0.3) is 0 Å². The van der Waals surface area contributed by atoms with Gasteiger partial charge in [0.05, 0.1) is 17.6 Å². The fourth-order valence-electron chi connectivity index (χ4n) is 7.03. The van der Waals surface area contributed by atoms with Crippen LogP contribution in [-0.2, 0) is 6.42 Å². The van der Waals surface area contributed by atoms with Gasteiger partial charge in [0.2, 0.25) is 0 Å². The number of carbonyl (C=O) groups excluding carboxylic acids is 2. The molecule has 8 nitrogen and oxygen atoms in total. The molecule has 37 heavy (non-hydrogen) atoms. The molecule has 4 atom stereocenters. The Labute approximate surface area is 221 Å². The first-order valence-corrected chi connectivity index (χ1v) is 13.4. The Morgan fingerprint density at radius 3 is 1.70 bits per heavy atom. The lowest BCUT2D eigenvalue weighted by atomic mass is 9.80. The van der Waals surface area contributed by atoms with Crippen LogP contribution in [0.2, 0.25) is 0 Å². The molecule has 198 valence electrons. The maximum atomic E-state index is 12.1. The van der Waals surface area contributed by atoms with Crippen LogP contribution in [-0.4, -0.2) is 86.0 Å². The second kappa shape index (κ2) is 11.0. The maximum Gasteiger partial charge on any atom is 0.319 e. The summed E-state index contributed by atoms with van der Waals surface area (Å²) in [4.78, 5) is 30.9. The first kappa shape index (κ1) is 26.8. The quantitative estimate of drug-likeness (QED) is 0.610. The zero-order valence-corrected chi connectivity index (χ0v) is 22.6. The third kappa shape index (κ3) is 5.85. The second-order valence-corrected chi connectivity index (χ2v) is 12.0. The van der Waals surface area contributed by atoms with Crippen molar-refractivity contribution in [1.29, 1.82) is 10.5 Å². The predicted octanol–water partition coefficient (Wildman–Crippen LogP) is 3.91. The van der Waals surface area contributed by atoms with E-state index in [1.54, 1.807) is 38.0 Å². The lowest BCUT2D eigenvalue weighted by Crippen LogP contribution is -2.38.